The van der Waals surface area contributed by atoms with Gasteiger partial charge in [-0.2, -0.15) is 0 Å². The summed E-state index contributed by atoms with van der Waals surface area (Å²) in [5.41, 5.74) is 2.33. The van der Waals surface area contributed by atoms with E-state index in [4.69, 9.17) is 11.6 Å². The number of rotatable bonds is 3. The molecule has 116 valence electrons. The summed E-state index contributed by atoms with van der Waals surface area (Å²) >= 11 is 9.77. The maximum absolute atomic E-state index is 9.37. The van der Waals surface area contributed by atoms with Gasteiger partial charge in [0.15, 0.2) is 0 Å². The van der Waals surface area contributed by atoms with E-state index in [1.54, 1.807) is 12.1 Å². The summed E-state index contributed by atoms with van der Waals surface area (Å²) in [5, 5.41) is 10.2. The quantitative estimate of drug-likeness (QED) is 0.866. The molecule has 0 unspecified atom stereocenters. The van der Waals surface area contributed by atoms with Crippen LogP contribution in [0, 0.1) is 0 Å². The molecule has 1 aliphatic heterocycles. The lowest BCUT2D eigenvalue weighted by molar-refractivity contribution is 0.250. The van der Waals surface area contributed by atoms with Crippen molar-refractivity contribution in [2.45, 2.75) is 6.54 Å². The molecule has 0 amide bonds. The third kappa shape index (κ3) is 3.75. The predicted molar refractivity (Wildman–Crippen MR) is 94.7 cm³/mol. The second-order valence-electron chi connectivity index (χ2n) is 5.52. The van der Waals surface area contributed by atoms with Crippen LogP contribution in [0.25, 0.3) is 0 Å². The molecule has 1 heterocycles. The van der Waals surface area contributed by atoms with Gasteiger partial charge in [0, 0.05) is 47.9 Å². The topological polar surface area (TPSA) is 26.7 Å². The van der Waals surface area contributed by atoms with Crippen LogP contribution in [0.4, 0.5) is 5.69 Å². The van der Waals surface area contributed by atoms with Crippen molar-refractivity contribution in [2.75, 3.05) is 31.1 Å². The molecule has 1 fully saturated rings. The number of benzene rings is 2. The second kappa shape index (κ2) is 6.90. The molecule has 0 spiro atoms. The first-order valence-electron chi connectivity index (χ1n) is 7.32. The highest BCUT2D eigenvalue weighted by Crippen LogP contribution is 2.24. The number of aromatic hydroxyl groups is 1. The zero-order valence-electron chi connectivity index (χ0n) is 12.2. The van der Waals surface area contributed by atoms with E-state index >= 15 is 0 Å². The standard InChI is InChI=1S/C17H18BrClN2O/c18-14-1-6-17(19)13(11-14)12-20-7-9-21(10-8-20)15-2-4-16(22)5-3-15/h1-6,11,22H,7-10,12H2. The second-order valence-corrected chi connectivity index (χ2v) is 6.84. The third-order valence-electron chi connectivity index (χ3n) is 3.99. The van der Waals surface area contributed by atoms with Crippen molar-refractivity contribution in [3.63, 3.8) is 0 Å². The fourth-order valence-electron chi connectivity index (χ4n) is 2.73. The van der Waals surface area contributed by atoms with Crippen molar-refractivity contribution in [1.29, 1.82) is 0 Å². The van der Waals surface area contributed by atoms with Crippen molar-refractivity contribution in [2.24, 2.45) is 0 Å². The normalized spacial score (nSPS) is 16.0. The number of nitrogens with zero attached hydrogens (tertiary/aromatic N) is 2. The van der Waals surface area contributed by atoms with Crippen molar-refractivity contribution < 1.29 is 5.11 Å². The Labute approximate surface area is 144 Å². The van der Waals surface area contributed by atoms with Crippen molar-refractivity contribution in [1.82, 2.24) is 4.90 Å². The smallest absolute Gasteiger partial charge is 0.115 e. The van der Waals surface area contributed by atoms with Gasteiger partial charge in [0.25, 0.3) is 0 Å². The summed E-state index contributed by atoms with van der Waals surface area (Å²) in [7, 11) is 0. The first kappa shape index (κ1) is 15.7. The third-order valence-corrected chi connectivity index (χ3v) is 4.85. The molecule has 22 heavy (non-hydrogen) atoms. The van der Waals surface area contributed by atoms with E-state index in [1.807, 2.05) is 24.3 Å². The lowest BCUT2D eigenvalue weighted by Gasteiger charge is -2.36. The first-order valence-corrected chi connectivity index (χ1v) is 8.49. The van der Waals surface area contributed by atoms with E-state index in [1.165, 1.54) is 0 Å². The van der Waals surface area contributed by atoms with Gasteiger partial charge in [0.2, 0.25) is 0 Å². The van der Waals surface area contributed by atoms with Crippen LogP contribution in [-0.2, 0) is 6.54 Å². The summed E-state index contributed by atoms with van der Waals surface area (Å²) in [4.78, 5) is 4.77. The molecule has 0 saturated carbocycles. The predicted octanol–water partition coefficient (Wildman–Crippen LogP) is 4.13. The van der Waals surface area contributed by atoms with Crippen LogP contribution in [0.5, 0.6) is 5.75 Å². The Balaban J connectivity index is 1.60. The summed E-state index contributed by atoms with van der Waals surface area (Å²) < 4.78 is 1.06. The molecule has 0 aromatic heterocycles. The SMILES string of the molecule is Oc1ccc(N2CCN(Cc3cc(Br)ccc3Cl)CC2)cc1. The average molecular weight is 382 g/mol. The Kier molecular flexibility index (Phi) is 4.91. The molecule has 0 radical (unpaired) electrons. The lowest BCUT2D eigenvalue weighted by atomic mass is 10.2. The number of piperazine rings is 1. The van der Waals surface area contributed by atoms with E-state index in [9.17, 15) is 5.11 Å². The molecule has 1 saturated heterocycles. The van der Waals surface area contributed by atoms with Crippen LogP contribution in [0.2, 0.25) is 5.02 Å². The monoisotopic (exact) mass is 380 g/mol. The average Bonchev–Trinajstić information content (AvgIpc) is 2.53. The maximum atomic E-state index is 9.37. The largest absolute Gasteiger partial charge is 0.508 e. The molecule has 1 aliphatic rings. The highest BCUT2D eigenvalue weighted by molar-refractivity contribution is 9.10. The van der Waals surface area contributed by atoms with Gasteiger partial charge in [0.1, 0.15) is 5.75 Å². The Morgan fingerprint density at radius 2 is 1.68 bits per heavy atom. The molecular weight excluding hydrogens is 364 g/mol. The van der Waals surface area contributed by atoms with Gasteiger partial charge in [-0.05, 0) is 48.0 Å². The summed E-state index contributed by atoms with van der Waals surface area (Å²) in [5.74, 6) is 0.312. The highest BCUT2D eigenvalue weighted by atomic mass is 79.9. The highest BCUT2D eigenvalue weighted by Gasteiger charge is 2.18. The van der Waals surface area contributed by atoms with Gasteiger partial charge in [-0.1, -0.05) is 27.5 Å². The fourth-order valence-corrected chi connectivity index (χ4v) is 3.32. The molecule has 2 aromatic carbocycles. The Morgan fingerprint density at radius 3 is 2.36 bits per heavy atom. The zero-order valence-corrected chi connectivity index (χ0v) is 14.5. The molecule has 0 atom stereocenters. The van der Waals surface area contributed by atoms with Crippen LogP contribution in [0.15, 0.2) is 46.9 Å². The lowest BCUT2D eigenvalue weighted by Crippen LogP contribution is -2.46. The molecule has 1 N–H and O–H groups in total. The number of hydrogen-bond donors (Lipinski definition) is 1. The zero-order chi connectivity index (χ0) is 15.5. The van der Waals surface area contributed by atoms with Crippen LogP contribution < -0.4 is 4.90 Å². The molecule has 0 bridgehead atoms. The van der Waals surface area contributed by atoms with Crippen LogP contribution >= 0.6 is 27.5 Å². The van der Waals surface area contributed by atoms with E-state index in [0.29, 0.717) is 5.75 Å². The first-order chi connectivity index (χ1) is 10.6. The van der Waals surface area contributed by atoms with Gasteiger partial charge in [0.05, 0.1) is 0 Å². The molecule has 3 nitrogen and oxygen atoms in total. The molecule has 3 rings (SSSR count). The van der Waals surface area contributed by atoms with Crippen LogP contribution in [0.3, 0.4) is 0 Å². The summed E-state index contributed by atoms with van der Waals surface area (Å²) in [6, 6.07) is 13.4. The van der Waals surface area contributed by atoms with E-state index in [-0.39, 0.29) is 0 Å². The number of halogens is 2. The van der Waals surface area contributed by atoms with Crippen molar-refractivity contribution in [3.05, 3.63) is 57.5 Å². The van der Waals surface area contributed by atoms with Gasteiger partial charge in [-0.15, -0.1) is 0 Å². The minimum Gasteiger partial charge on any atom is -0.508 e. The summed E-state index contributed by atoms with van der Waals surface area (Å²) in [6.07, 6.45) is 0. The van der Waals surface area contributed by atoms with E-state index < -0.39 is 0 Å². The summed E-state index contributed by atoms with van der Waals surface area (Å²) in [6.45, 7) is 4.85. The maximum Gasteiger partial charge on any atom is 0.115 e. The van der Waals surface area contributed by atoms with Crippen molar-refractivity contribution >= 4 is 33.2 Å². The van der Waals surface area contributed by atoms with Gasteiger partial charge < -0.3 is 10.0 Å². The number of hydrogen-bond acceptors (Lipinski definition) is 3. The molecule has 2 aromatic rings. The number of phenols is 1. The molecule has 0 aliphatic carbocycles. The van der Waals surface area contributed by atoms with Gasteiger partial charge >= 0.3 is 0 Å². The number of phenolic OH excluding ortho intramolecular Hbond substituents is 1. The molecule has 5 heteroatoms. The minimum atomic E-state index is 0.312. The van der Waals surface area contributed by atoms with Gasteiger partial charge in [-0.25, -0.2) is 0 Å². The van der Waals surface area contributed by atoms with Gasteiger partial charge in [-0.3, -0.25) is 4.90 Å². The van der Waals surface area contributed by atoms with Crippen LogP contribution in [0.1, 0.15) is 5.56 Å². The minimum absolute atomic E-state index is 0.312. The fraction of sp³-hybridized carbons (Fsp3) is 0.294. The van der Waals surface area contributed by atoms with E-state index in [2.05, 4.69) is 31.8 Å². The number of anilines is 1. The molecular formula is C17H18BrClN2O. The Morgan fingerprint density at radius 1 is 1.00 bits per heavy atom. The van der Waals surface area contributed by atoms with Crippen molar-refractivity contribution in [3.8, 4) is 5.75 Å². The Bertz CT molecular complexity index is 640. The van der Waals surface area contributed by atoms with E-state index in [0.717, 1.165) is 53.5 Å². The Hall–Kier alpha value is -1.23. The van der Waals surface area contributed by atoms with Crippen LogP contribution in [-0.4, -0.2) is 36.2 Å².